The van der Waals surface area contributed by atoms with Gasteiger partial charge in [0.1, 0.15) is 11.7 Å². The Hall–Kier alpha value is -4.89. The second-order valence-electron chi connectivity index (χ2n) is 18.8. The second-order valence-corrected chi connectivity index (χ2v) is 18.8. The molecule has 4 fully saturated rings. The van der Waals surface area contributed by atoms with Crippen LogP contribution in [0, 0.1) is 0 Å². The zero-order valence-electron chi connectivity index (χ0n) is 36.8. The van der Waals surface area contributed by atoms with Crippen LogP contribution in [0.2, 0.25) is 0 Å². The van der Waals surface area contributed by atoms with Crippen LogP contribution in [0.1, 0.15) is 108 Å². The lowest BCUT2D eigenvalue weighted by molar-refractivity contribution is -0.135. The van der Waals surface area contributed by atoms with Crippen LogP contribution >= 0.6 is 0 Å². The average molecular weight is 846 g/mol. The summed E-state index contributed by atoms with van der Waals surface area (Å²) in [6.07, 6.45) is 13.5. The number of ether oxygens (including phenoxy) is 1. The van der Waals surface area contributed by atoms with E-state index in [-0.39, 0.29) is 24.1 Å². The number of nitrogens with zero attached hydrogens (tertiary/aromatic N) is 7. The number of aromatic nitrogens is 5. The maximum atomic E-state index is 13.1. The van der Waals surface area contributed by atoms with Crippen LogP contribution in [0.25, 0.3) is 33.2 Å². The lowest BCUT2D eigenvalue weighted by atomic mass is 9.83. The number of imidazole rings is 1. The number of imide groups is 1. The smallest absolute Gasteiger partial charge is 0.329 e. The van der Waals surface area contributed by atoms with Gasteiger partial charge in [-0.15, -0.1) is 0 Å². The Bertz CT molecular complexity index is 2460. The molecule has 2 atom stereocenters. The highest BCUT2D eigenvalue weighted by Crippen LogP contribution is 2.40. The molecule has 0 radical (unpaired) electrons. The highest BCUT2D eigenvalue weighted by atomic mass is 16.5. The van der Waals surface area contributed by atoms with Crippen LogP contribution in [0.4, 0.5) is 5.95 Å². The molecule has 4 aliphatic rings. The monoisotopic (exact) mass is 845 g/mol. The Morgan fingerprint density at radius 3 is 2.44 bits per heavy atom. The van der Waals surface area contributed by atoms with Crippen molar-refractivity contribution in [2.24, 2.45) is 7.05 Å². The molecule has 2 aliphatic carbocycles. The first kappa shape index (κ1) is 42.4. The van der Waals surface area contributed by atoms with Gasteiger partial charge in [-0.3, -0.25) is 33.8 Å². The molecule has 2 saturated carbocycles. The molecule has 2 aliphatic heterocycles. The van der Waals surface area contributed by atoms with Crippen LogP contribution in [-0.2, 0) is 34.3 Å². The summed E-state index contributed by atoms with van der Waals surface area (Å²) >= 11 is 0. The average Bonchev–Trinajstić information content (AvgIpc) is 3.73. The Morgan fingerprint density at radius 1 is 0.968 bits per heavy atom. The molecule has 2 saturated heterocycles. The highest BCUT2D eigenvalue weighted by Gasteiger charge is 2.36. The minimum absolute atomic E-state index is 0.224. The fourth-order valence-corrected chi connectivity index (χ4v) is 10.3. The van der Waals surface area contributed by atoms with Crippen molar-refractivity contribution in [3.05, 3.63) is 76.5 Å². The Morgan fingerprint density at radius 2 is 1.71 bits per heavy atom. The standard InChI is InChI=1S/C48H63N9O5/c1-5-6-31(2)50-46-49-28-38-39(30-56(44(38)52-46)35-15-18-48(3,61)19-16-35)34-10-7-33(8-11-34)29-54-20-22-55(23-21-54)36-26-37(27-36)62-24-17-32-9-12-40-42(25-32)53(4)47(60)57(40)41-13-14-43(58)51-45(41)59/h7-12,25,28,30-31,35-37,41,61H,5-6,13-24,26-27,29H2,1-4H3,(H,49,50,52)(H,51,58,59)/t31-,35-,36?,37?,41?,48+/m0/s1. The van der Waals surface area contributed by atoms with Gasteiger partial charge in [-0.1, -0.05) is 43.7 Å². The van der Waals surface area contributed by atoms with Crippen molar-refractivity contribution >= 4 is 39.8 Å². The number of aliphatic hydroxyl groups is 1. The van der Waals surface area contributed by atoms with Gasteiger partial charge < -0.3 is 19.7 Å². The largest absolute Gasteiger partial charge is 0.390 e. The van der Waals surface area contributed by atoms with Crippen LogP contribution in [0.5, 0.6) is 0 Å². The SMILES string of the molecule is CCC[C@H](C)Nc1ncc2c(-c3ccc(CN4CCN(C5CC(OCCc6ccc7c(c6)n(C)c(=O)n7C6CCC(=O)NC6=O)C5)CC4)cc3)cn([C@H]3CC[C@@](C)(O)CC3)c2n1. The molecule has 0 spiro atoms. The molecule has 330 valence electrons. The number of hydrogen-bond donors (Lipinski definition) is 3. The number of amides is 2. The first-order chi connectivity index (χ1) is 29.9. The molecule has 14 nitrogen and oxygen atoms in total. The molecule has 2 amide bonds. The van der Waals surface area contributed by atoms with Gasteiger partial charge in [0.2, 0.25) is 17.8 Å². The van der Waals surface area contributed by atoms with Gasteiger partial charge in [0.25, 0.3) is 0 Å². The number of aryl methyl sites for hydroxylation is 1. The first-order valence-electron chi connectivity index (χ1n) is 23.0. The van der Waals surface area contributed by atoms with Gasteiger partial charge >= 0.3 is 5.69 Å². The van der Waals surface area contributed by atoms with E-state index in [0.717, 1.165) is 118 Å². The van der Waals surface area contributed by atoms with Crippen LogP contribution in [0.15, 0.2) is 59.7 Å². The zero-order valence-corrected chi connectivity index (χ0v) is 36.8. The van der Waals surface area contributed by atoms with E-state index in [4.69, 9.17) is 14.7 Å². The van der Waals surface area contributed by atoms with Crippen molar-refractivity contribution in [3.8, 4) is 11.1 Å². The molecule has 2 aromatic carbocycles. The van der Waals surface area contributed by atoms with Gasteiger partial charge in [0, 0.05) is 87.7 Å². The van der Waals surface area contributed by atoms with Crippen molar-refractivity contribution in [2.75, 3.05) is 38.1 Å². The molecule has 1 unspecified atom stereocenters. The number of anilines is 1. The summed E-state index contributed by atoms with van der Waals surface area (Å²) in [4.78, 5) is 52.4. The fraction of sp³-hybridized carbons (Fsp3) is 0.562. The van der Waals surface area contributed by atoms with Crippen molar-refractivity contribution < 1.29 is 19.4 Å². The number of carbonyl (C=O) groups is 2. The first-order valence-corrected chi connectivity index (χ1v) is 23.0. The topological polar surface area (TPSA) is 152 Å². The predicted molar refractivity (Wildman–Crippen MR) is 241 cm³/mol. The Labute approximate surface area is 363 Å². The summed E-state index contributed by atoms with van der Waals surface area (Å²) in [5.41, 5.74) is 6.33. The summed E-state index contributed by atoms with van der Waals surface area (Å²) in [7, 11) is 1.73. The van der Waals surface area contributed by atoms with Gasteiger partial charge in [-0.05, 0) is 100 Å². The third-order valence-corrected chi connectivity index (χ3v) is 14.2. The van der Waals surface area contributed by atoms with Gasteiger partial charge in [0.15, 0.2) is 0 Å². The zero-order chi connectivity index (χ0) is 43.1. The quantitative estimate of drug-likeness (QED) is 0.112. The molecule has 9 rings (SSSR count). The minimum atomic E-state index is -0.682. The molecule has 5 aromatic rings. The van der Waals surface area contributed by atoms with Crippen molar-refractivity contribution in [3.63, 3.8) is 0 Å². The van der Waals surface area contributed by atoms with E-state index in [0.29, 0.717) is 42.6 Å². The number of fused-ring (bicyclic) bond motifs is 2. The summed E-state index contributed by atoms with van der Waals surface area (Å²) in [6.45, 7) is 12.1. The molecule has 5 heterocycles. The molecule has 14 heteroatoms. The Kier molecular flexibility index (Phi) is 12.1. The van der Waals surface area contributed by atoms with Gasteiger partial charge in [-0.2, -0.15) is 4.98 Å². The van der Waals surface area contributed by atoms with Crippen LogP contribution in [-0.4, -0.2) is 107 Å². The lowest BCUT2D eigenvalue weighted by Crippen LogP contribution is -2.55. The third kappa shape index (κ3) is 8.84. The van der Waals surface area contributed by atoms with E-state index in [2.05, 4.69) is 69.3 Å². The van der Waals surface area contributed by atoms with E-state index in [9.17, 15) is 19.5 Å². The van der Waals surface area contributed by atoms with E-state index in [1.807, 2.05) is 31.3 Å². The maximum Gasteiger partial charge on any atom is 0.329 e. The van der Waals surface area contributed by atoms with E-state index in [1.54, 1.807) is 11.6 Å². The lowest BCUT2D eigenvalue weighted by Gasteiger charge is -2.46. The van der Waals surface area contributed by atoms with Gasteiger partial charge in [0.05, 0.1) is 29.3 Å². The van der Waals surface area contributed by atoms with E-state index >= 15 is 0 Å². The number of piperazine rings is 1. The van der Waals surface area contributed by atoms with Crippen molar-refractivity contribution in [1.29, 1.82) is 0 Å². The molecular formula is C48H63N9O5. The van der Waals surface area contributed by atoms with Crippen molar-refractivity contribution in [1.82, 2.24) is 38.8 Å². The van der Waals surface area contributed by atoms with Crippen molar-refractivity contribution in [2.45, 2.75) is 134 Å². The summed E-state index contributed by atoms with van der Waals surface area (Å²) in [6, 6.07) is 15.5. The highest BCUT2D eigenvalue weighted by molar-refractivity contribution is 6.00. The minimum Gasteiger partial charge on any atom is -0.390 e. The molecule has 3 aromatic heterocycles. The molecule has 62 heavy (non-hydrogen) atoms. The molecular weight excluding hydrogens is 783 g/mol. The predicted octanol–water partition coefficient (Wildman–Crippen LogP) is 6.10. The summed E-state index contributed by atoms with van der Waals surface area (Å²) in [5.74, 6) is -0.0393. The van der Waals surface area contributed by atoms with Crippen LogP contribution in [0.3, 0.4) is 0 Å². The number of carbonyl (C=O) groups excluding carboxylic acids is 2. The number of rotatable bonds is 14. The molecule has 0 bridgehead atoms. The normalized spacial score (nSPS) is 25.6. The summed E-state index contributed by atoms with van der Waals surface area (Å²) < 4.78 is 11.8. The third-order valence-electron chi connectivity index (χ3n) is 14.2. The number of nitrogens with one attached hydrogen (secondary N) is 2. The maximum absolute atomic E-state index is 13.1. The number of benzene rings is 2. The van der Waals surface area contributed by atoms with E-state index < -0.39 is 17.6 Å². The Balaban J connectivity index is 0.752. The second kappa shape index (κ2) is 17.7. The number of piperidine rings is 1. The molecule has 3 N–H and O–H groups in total. The van der Waals surface area contributed by atoms with Crippen LogP contribution < -0.4 is 16.3 Å². The van der Waals surface area contributed by atoms with Gasteiger partial charge in [-0.25, -0.2) is 9.78 Å². The number of hydrogen-bond acceptors (Lipinski definition) is 10. The fourth-order valence-electron chi connectivity index (χ4n) is 10.3. The summed E-state index contributed by atoms with van der Waals surface area (Å²) in [5, 5.41) is 17.6. The van der Waals surface area contributed by atoms with E-state index in [1.165, 1.54) is 15.7 Å².